The number of imidazole rings is 1. The first kappa shape index (κ1) is 8.17. The van der Waals surface area contributed by atoms with E-state index in [-0.39, 0.29) is 0 Å². The molecule has 1 aromatic rings. The quantitative estimate of drug-likeness (QED) is 0.668. The summed E-state index contributed by atoms with van der Waals surface area (Å²) < 4.78 is 2.28. The van der Waals surface area contributed by atoms with Crippen LogP contribution in [-0.4, -0.2) is 15.8 Å². The fourth-order valence-corrected chi connectivity index (χ4v) is 1.95. The molecule has 2 rings (SSSR count). The molecular weight excluding hydrogens is 168 g/mol. The molecule has 0 saturated heterocycles. The second-order valence-electron chi connectivity index (χ2n) is 3.43. The summed E-state index contributed by atoms with van der Waals surface area (Å²) in [6.07, 6.45) is 6.87. The maximum Gasteiger partial charge on any atom is 0.117 e. The first-order valence-electron chi connectivity index (χ1n) is 4.37. The van der Waals surface area contributed by atoms with Gasteiger partial charge >= 0.3 is 0 Å². The Morgan fingerprint density at radius 1 is 1.67 bits per heavy atom. The number of aromatic nitrogens is 2. The van der Waals surface area contributed by atoms with E-state index in [2.05, 4.69) is 22.7 Å². The minimum absolute atomic E-state index is 0.938. The Morgan fingerprint density at radius 3 is 2.92 bits per heavy atom. The van der Waals surface area contributed by atoms with Crippen LogP contribution in [0.5, 0.6) is 0 Å². The van der Waals surface area contributed by atoms with Crippen molar-refractivity contribution in [2.45, 2.75) is 31.3 Å². The molecule has 0 radical (unpaired) electrons. The van der Waals surface area contributed by atoms with Crippen molar-refractivity contribution in [2.75, 3.05) is 6.26 Å². The lowest BCUT2D eigenvalue weighted by molar-refractivity contribution is 0.611. The number of thioether (sulfide) groups is 1. The van der Waals surface area contributed by atoms with E-state index in [0.717, 1.165) is 5.92 Å². The molecule has 12 heavy (non-hydrogen) atoms. The smallest absolute Gasteiger partial charge is 0.117 e. The predicted octanol–water partition coefficient (Wildman–Crippen LogP) is 2.32. The summed E-state index contributed by atoms with van der Waals surface area (Å²) in [6.45, 7) is 3.33. The van der Waals surface area contributed by atoms with Gasteiger partial charge in [0.15, 0.2) is 0 Å². The summed E-state index contributed by atoms with van der Waals surface area (Å²) in [5.74, 6) is 0.938. The molecule has 1 fully saturated rings. The zero-order valence-corrected chi connectivity index (χ0v) is 8.40. The minimum Gasteiger partial charge on any atom is -0.333 e. The summed E-state index contributed by atoms with van der Waals surface area (Å²) in [5.41, 5.74) is 1.33. The molecule has 0 aromatic carbocycles. The lowest BCUT2D eigenvalue weighted by Gasteiger charge is -2.02. The molecule has 0 bridgehead atoms. The highest BCUT2D eigenvalue weighted by Gasteiger charge is 2.22. The number of hydrogen-bond acceptors (Lipinski definition) is 2. The van der Waals surface area contributed by atoms with Crippen LogP contribution in [0.1, 0.15) is 18.5 Å². The van der Waals surface area contributed by atoms with Gasteiger partial charge in [-0.3, -0.25) is 0 Å². The molecule has 0 amide bonds. The fourth-order valence-electron chi connectivity index (χ4n) is 1.39. The van der Waals surface area contributed by atoms with Crippen LogP contribution in [0, 0.1) is 12.8 Å². The highest BCUT2D eigenvalue weighted by atomic mass is 32.2. The van der Waals surface area contributed by atoms with E-state index in [4.69, 9.17) is 0 Å². The second-order valence-corrected chi connectivity index (χ2v) is 4.23. The fraction of sp³-hybridized carbons (Fsp3) is 0.667. The standard InChI is InChI=1S/C9H14N2S/c1-7-9(12-2)10-6-11(7)5-8-3-4-8/h6,8H,3-5H2,1-2H3. The van der Waals surface area contributed by atoms with Crippen LogP contribution < -0.4 is 0 Å². The van der Waals surface area contributed by atoms with E-state index in [1.165, 1.54) is 30.1 Å². The number of hydrogen-bond donors (Lipinski definition) is 0. The predicted molar refractivity (Wildman–Crippen MR) is 51.5 cm³/mol. The molecule has 0 unspecified atom stereocenters. The normalized spacial score (nSPS) is 16.8. The van der Waals surface area contributed by atoms with Crippen molar-refractivity contribution < 1.29 is 0 Å². The summed E-state index contributed by atoms with van der Waals surface area (Å²) in [4.78, 5) is 4.34. The maximum absolute atomic E-state index is 4.34. The lowest BCUT2D eigenvalue weighted by atomic mass is 10.4. The van der Waals surface area contributed by atoms with E-state index in [9.17, 15) is 0 Å². The van der Waals surface area contributed by atoms with Crippen molar-refractivity contribution >= 4 is 11.8 Å². The average molecular weight is 182 g/mol. The van der Waals surface area contributed by atoms with E-state index in [1.54, 1.807) is 11.8 Å². The maximum atomic E-state index is 4.34. The van der Waals surface area contributed by atoms with Crippen molar-refractivity contribution in [3.8, 4) is 0 Å². The zero-order chi connectivity index (χ0) is 8.55. The molecule has 1 aliphatic carbocycles. The number of nitrogens with zero attached hydrogens (tertiary/aromatic N) is 2. The van der Waals surface area contributed by atoms with E-state index in [0.29, 0.717) is 0 Å². The first-order chi connectivity index (χ1) is 5.81. The van der Waals surface area contributed by atoms with Crippen LogP contribution in [0.4, 0.5) is 0 Å². The third-order valence-electron chi connectivity index (χ3n) is 2.40. The van der Waals surface area contributed by atoms with Gasteiger partial charge < -0.3 is 4.57 Å². The molecule has 2 nitrogen and oxygen atoms in total. The Morgan fingerprint density at radius 2 is 2.42 bits per heavy atom. The molecule has 3 heteroatoms. The summed E-state index contributed by atoms with van der Waals surface area (Å²) in [7, 11) is 0. The zero-order valence-electron chi connectivity index (χ0n) is 7.58. The van der Waals surface area contributed by atoms with Crippen LogP contribution in [0.3, 0.4) is 0 Å². The summed E-state index contributed by atoms with van der Waals surface area (Å²) in [5, 5.41) is 1.18. The van der Waals surface area contributed by atoms with E-state index >= 15 is 0 Å². The van der Waals surface area contributed by atoms with Crippen LogP contribution >= 0.6 is 11.8 Å². The first-order valence-corrected chi connectivity index (χ1v) is 5.59. The molecule has 0 atom stereocenters. The van der Waals surface area contributed by atoms with Gasteiger partial charge in [-0.05, 0) is 31.9 Å². The third kappa shape index (κ3) is 1.51. The molecule has 1 heterocycles. The molecule has 0 aliphatic heterocycles. The Kier molecular flexibility index (Phi) is 2.13. The van der Waals surface area contributed by atoms with Crippen LogP contribution in [0.15, 0.2) is 11.4 Å². The molecule has 1 aliphatic rings. The Balaban J connectivity index is 2.13. The summed E-state index contributed by atoms with van der Waals surface area (Å²) in [6, 6.07) is 0. The SMILES string of the molecule is CSc1ncn(CC2CC2)c1C. The largest absolute Gasteiger partial charge is 0.333 e. The van der Waals surface area contributed by atoms with Gasteiger partial charge in [0.1, 0.15) is 5.03 Å². The Labute approximate surface area is 77.4 Å². The third-order valence-corrected chi connectivity index (χ3v) is 3.19. The van der Waals surface area contributed by atoms with E-state index < -0.39 is 0 Å². The van der Waals surface area contributed by atoms with Crippen LogP contribution in [0.2, 0.25) is 0 Å². The van der Waals surface area contributed by atoms with Gasteiger partial charge in [0.05, 0.1) is 6.33 Å². The highest BCUT2D eigenvalue weighted by Crippen LogP contribution is 2.31. The van der Waals surface area contributed by atoms with Crippen molar-refractivity contribution in [3.05, 3.63) is 12.0 Å². The van der Waals surface area contributed by atoms with Crippen LogP contribution in [0.25, 0.3) is 0 Å². The van der Waals surface area contributed by atoms with Gasteiger partial charge in [-0.2, -0.15) is 0 Å². The molecule has 66 valence electrons. The lowest BCUT2D eigenvalue weighted by Crippen LogP contribution is -1.99. The van der Waals surface area contributed by atoms with Gasteiger partial charge in [0, 0.05) is 12.2 Å². The topological polar surface area (TPSA) is 17.8 Å². The minimum atomic E-state index is 0.938. The van der Waals surface area contributed by atoms with Crippen LogP contribution in [-0.2, 0) is 6.54 Å². The Hall–Kier alpha value is -0.440. The molecule has 0 spiro atoms. The van der Waals surface area contributed by atoms with Crippen molar-refractivity contribution in [3.63, 3.8) is 0 Å². The second kappa shape index (κ2) is 3.13. The summed E-state index contributed by atoms with van der Waals surface area (Å²) >= 11 is 1.73. The van der Waals surface area contributed by atoms with Gasteiger partial charge in [-0.1, -0.05) is 0 Å². The molecular formula is C9H14N2S. The Bertz CT molecular complexity index is 276. The van der Waals surface area contributed by atoms with Gasteiger partial charge in [-0.15, -0.1) is 11.8 Å². The van der Waals surface area contributed by atoms with Gasteiger partial charge in [-0.25, -0.2) is 4.98 Å². The molecule has 1 saturated carbocycles. The van der Waals surface area contributed by atoms with Crippen molar-refractivity contribution in [2.24, 2.45) is 5.92 Å². The monoisotopic (exact) mass is 182 g/mol. The van der Waals surface area contributed by atoms with Gasteiger partial charge in [0.2, 0.25) is 0 Å². The number of rotatable bonds is 3. The molecule has 0 N–H and O–H groups in total. The van der Waals surface area contributed by atoms with Crippen molar-refractivity contribution in [1.82, 2.24) is 9.55 Å². The van der Waals surface area contributed by atoms with E-state index in [1.807, 2.05) is 6.33 Å². The molecule has 1 aromatic heterocycles. The van der Waals surface area contributed by atoms with Gasteiger partial charge in [0.25, 0.3) is 0 Å². The average Bonchev–Trinajstić information content (AvgIpc) is 2.80. The van der Waals surface area contributed by atoms with Crippen molar-refractivity contribution in [1.29, 1.82) is 0 Å². The highest BCUT2D eigenvalue weighted by molar-refractivity contribution is 7.98.